The van der Waals surface area contributed by atoms with Gasteiger partial charge in [-0.3, -0.25) is 0 Å². The summed E-state index contributed by atoms with van der Waals surface area (Å²) in [5.74, 6) is 0.881. The molecule has 20 heavy (non-hydrogen) atoms. The molecule has 0 saturated heterocycles. The number of hydrogen-bond donors (Lipinski definition) is 2. The molecule has 0 saturated carbocycles. The summed E-state index contributed by atoms with van der Waals surface area (Å²) in [6.07, 6.45) is 0. The van der Waals surface area contributed by atoms with Crippen LogP contribution in [-0.4, -0.2) is 5.11 Å². The van der Waals surface area contributed by atoms with Gasteiger partial charge in [-0.05, 0) is 49.2 Å². The van der Waals surface area contributed by atoms with E-state index in [4.69, 9.17) is 15.6 Å². The van der Waals surface area contributed by atoms with E-state index in [-0.39, 0.29) is 18.5 Å². The molecule has 0 aliphatic heterocycles. The fourth-order valence-corrected chi connectivity index (χ4v) is 1.90. The maximum absolute atomic E-state index is 13.6. The first kappa shape index (κ1) is 14.5. The SMILES string of the molecule is Cc1cc(Oc2ccc(CO)cc2)c([C@@H](C)N)cc1F. The quantitative estimate of drug-likeness (QED) is 0.898. The van der Waals surface area contributed by atoms with Crippen molar-refractivity contribution in [2.75, 3.05) is 0 Å². The zero-order valence-electron chi connectivity index (χ0n) is 11.6. The van der Waals surface area contributed by atoms with E-state index >= 15 is 0 Å². The molecular formula is C16H18FNO2. The molecule has 1 atom stereocenters. The van der Waals surface area contributed by atoms with Crippen LogP contribution in [-0.2, 0) is 6.61 Å². The zero-order valence-corrected chi connectivity index (χ0v) is 11.6. The van der Waals surface area contributed by atoms with Gasteiger partial charge in [0.05, 0.1) is 6.61 Å². The van der Waals surface area contributed by atoms with E-state index in [9.17, 15) is 4.39 Å². The van der Waals surface area contributed by atoms with E-state index in [0.717, 1.165) is 5.56 Å². The van der Waals surface area contributed by atoms with Gasteiger partial charge >= 0.3 is 0 Å². The minimum absolute atomic E-state index is 0.0129. The number of ether oxygens (including phenoxy) is 1. The van der Waals surface area contributed by atoms with E-state index in [0.29, 0.717) is 22.6 Å². The predicted molar refractivity (Wildman–Crippen MR) is 76.2 cm³/mol. The molecule has 0 amide bonds. The molecule has 2 aromatic carbocycles. The van der Waals surface area contributed by atoms with Gasteiger partial charge in [-0.2, -0.15) is 0 Å². The van der Waals surface area contributed by atoms with Crippen LogP contribution in [0, 0.1) is 12.7 Å². The lowest BCUT2D eigenvalue weighted by Gasteiger charge is -2.15. The second kappa shape index (κ2) is 6.03. The van der Waals surface area contributed by atoms with Crippen molar-refractivity contribution in [2.24, 2.45) is 5.73 Å². The summed E-state index contributed by atoms with van der Waals surface area (Å²) in [5, 5.41) is 9.00. The molecule has 0 aliphatic carbocycles. The van der Waals surface area contributed by atoms with Crippen LogP contribution in [0.5, 0.6) is 11.5 Å². The minimum Gasteiger partial charge on any atom is -0.457 e. The first-order chi connectivity index (χ1) is 9.51. The summed E-state index contributed by atoms with van der Waals surface area (Å²) in [4.78, 5) is 0. The molecule has 0 heterocycles. The molecule has 2 aromatic rings. The van der Waals surface area contributed by atoms with Gasteiger partial charge in [0.1, 0.15) is 17.3 Å². The molecule has 0 bridgehead atoms. The van der Waals surface area contributed by atoms with Crippen molar-refractivity contribution in [1.29, 1.82) is 0 Å². The van der Waals surface area contributed by atoms with Crippen LogP contribution in [0.3, 0.4) is 0 Å². The molecular weight excluding hydrogens is 257 g/mol. The Balaban J connectivity index is 2.33. The van der Waals surface area contributed by atoms with Crippen molar-refractivity contribution in [1.82, 2.24) is 0 Å². The number of halogens is 1. The summed E-state index contributed by atoms with van der Waals surface area (Å²) < 4.78 is 19.4. The third-order valence-corrected chi connectivity index (χ3v) is 3.12. The molecule has 0 fully saturated rings. The van der Waals surface area contributed by atoms with Crippen LogP contribution < -0.4 is 10.5 Å². The smallest absolute Gasteiger partial charge is 0.132 e. The van der Waals surface area contributed by atoms with Crippen molar-refractivity contribution < 1.29 is 14.2 Å². The van der Waals surface area contributed by atoms with E-state index in [1.807, 2.05) is 0 Å². The standard InChI is InChI=1S/C16H18FNO2/c1-10-7-16(14(11(2)18)8-15(10)17)20-13-5-3-12(9-19)4-6-13/h3-8,11,19H,9,18H2,1-2H3/t11-/m1/s1. The number of nitrogens with two attached hydrogens (primary N) is 1. The highest BCUT2D eigenvalue weighted by Crippen LogP contribution is 2.31. The lowest BCUT2D eigenvalue weighted by atomic mass is 10.0. The van der Waals surface area contributed by atoms with E-state index in [2.05, 4.69) is 0 Å². The normalized spacial score (nSPS) is 12.2. The Bertz CT molecular complexity index is 594. The lowest BCUT2D eigenvalue weighted by Crippen LogP contribution is -2.08. The molecule has 0 unspecified atom stereocenters. The van der Waals surface area contributed by atoms with Crippen LogP contribution in [0.1, 0.15) is 29.7 Å². The van der Waals surface area contributed by atoms with Gasteiger partial charge in [0.15, 0.2) is 0 Å². The molecule has 3 N–H and O–H groups in total. The third kappa shape index (κ3) is 3.15. The van der Waals surface area contributed by atoms with Crippen molar-refractivity contribution >= 4 is 0 Å². The molecule has 0 aliphatic rings. The van der Waals surface area contributed by atoms with Gasteiger partial charge in [-0.1, -0.05) is 12.1 Å². The Hall–Kier alpha value is -1.91. The predicted octanol–water partition coefficient (Wildman–Crippen LogP) is 3.44. The number of aliphatic hydroxyl groups excluding tert-OH is 1. The maximum atomic E-state index is 13.6. The van der Waals surface area contributed by atoms with Crippen molar-refractivity contribution in [3.05, 3.63) is 58.9 Å². The minimum atomic E-state index is -0.322. The largest absolute Gasteiger partial charge is 0.457 e. The first-order valence-corrected chi connectivity index (χ1v) is 6.44. The Morgan fingerprint density at radius 2 is 1.90 bits per heavy atom. The Morgan fingerprint density at radius 3 is 2.45 bits per heavy atom. The fraction of sp³-hybridized carbons (Fsp3) is 0.250. The highest BCUT2D eigenvalue weighted by Gasteiger charge is 2.13. The topological polar surface area (TPSA) is 55.5 Å². The van der Waals surface area contributed by atoms with E-state index in [1.165, 1.54) is 6.07 Å². The number of hydrogen-bond acceptors (Lipinski definition) is 3. The highest BCUT2D eigenvalue weighted by molar-refractivity contribution is 5.43. The molecule has 0 spiro atoms. The first-order valence-electron chi connectivity index (χ1n) is 6.44. The number of aliphatic hydroxyl groups is 1. The van der Waals surface area contributed by atoms with Gasteiger partial charge in [0, 0.05) is 11.6 Å². The Labute approximate surface area is 117 Å². The average Bonchev–Trinajstić information content (AvgIpc) is 2.43. The summed E-state index contributed by atoms with van der Waals surface area (Å²) in [6, 6.07) is 9.81. The third-order valence-electron chi connectivity index (χ3n) is 3.12. The molecule has 2 rings (SSSR count). The summed E-state index contributed by atoms with van der Waals surface area (Å²) in [7, 11) is 0. The second-order valence-electron chi connectivity index (χ2n) is 4.83. The summed E-state index contributed by atoms with van der Waals surface area (Å²) in [6.45, 7) is 3.45. The average molecular weight is 275 g/mol. The highest BCUT2D eigenvalue weighted by atomic mass is 19.1. The van der Waals surface area contributed by atoms with Gasteiger partial charge in [0.25, 0.3) is 0 Å². The van der Waals surface area contributed by atoms with E-state index < -0.39 is 0 Å². The zero-order chi connectivity index (χ0) is 14.7. The fourth-order valence-electron chi connectivity index (χ4n) is 1.90. The van der Waals surface area contributed by atoms with Crippen LogP contribution in [0.25, 0.3) is 0 Å². The van der Waals surface area contributed by atoms with Crippen LogP contribution >= 0.6 is 0 Å². The van der Waals surface area contributed by atoms with Crippen molar-refractivity contribution in [3.63, 3.8) is 0 Å². The summed E-state index contributed by atoms with van der Waals surface area (Å²) >= 11 is 0. The molecule has 106 valence electrons. The van der Waals surface area contributed by atoms with Crippen LogP contribution in [0.2, 0.25) is 0 Å². The Kier molecular flexibility index (Phi) is 4.37. The Morgan fingerprint density at radius 1 is 1.25 bits per heavy atom. The molecule has 0 aromatic heterocycles. The van der Waals surface area contributed by atoms with Crippen molar-refractivity contribution in [3.8, 4) is 11.5 Å². The van der Waals surface area contributed by atoms with Gasteiger partial charge in [-0.15, -0.1) is 0 Å². The maximum Gasteiger partial charge on any atom is 0.132 e. The van der Waals surface area contributed by atoms with E-state index in [1.54, 1.807) is 44.2 Å². The summed E-state index contributed by atoms with van der Waals surface area (Å²) in [5.41, 5.74) is 7.79. The van der Waals surface area contributed by atoms with Crippen molar-refractivity contribution in [2.45, 2.75) is 26.5 Å². The number of rotatable bonds is 4. The van der Waals surface area contributed by atoms with Gasteiger partial charge in [0.2, 0.25) is 0 Å². The lowest BCUT2D eigenvalue weighted by molar-refractivity contribution is 0.281. The van der Waals surface area contributed by atoms with Gasteiger partial charge in [-0.25, -0.2) is 4.39 Å². The number of benzene rings is 2. The van der Waals surface area contributed by atoms with Gasteiger partial charge < -0.3 is 15.6 Å². The number of aryl methyl sites for hydroxylation is 1. The molecule has 0 radical (unpaired) electrons. The van der Waals surface area contributed by atoms with Crippen LogP contribution in [0.15, 0.2) is 36.4 Å². The second-order valence-corrected chi connectivity index (χ2v) is 4.83. The molecule has 4 heteroatoms. The monoisotopic (exact) mass is 275 g/mol. The molecule has 3 nitrogen and oxygen atoms in total. The van der Waals surface area contributed by atoms with Crippen LogP contribution in [0.4, 0.5) is 4.39 Å².